The van der Waals surface area contributed by atoms with E-state index in [-0.39, 0.29) is 5.91 Å². The number of nitrogens with two attached hydrogens (primary N) is 1. The Labute approximate surface area is 129 Å². The number of carbonyl (C=O) groups is 1. The summed E-state index contributed by atoms with van der Waals surface area (Å²) < 4.78 is 5.50. The number of rotatable bonds is 8. The molecule has 0 aliphatic heterocycles. The number of hydrogen-bond donors (Lipinski definition) is 2. The molecule has 0 bridgehead atoms. The highest BCUT2D eigenvalue weighted by Gasteiger charge is 2.05. The summed E-state index contributed by atoms with van der Waals surface area (Å²) in [7, 11) is 0. The minimum Gasteiger partial charge on any atom is -0.492 e. The lowest BCUT2D eigenvalue weighted by Crippen LogP contribution is -2.31. The second-order valence-electron chi connectivity index (χ2n) is 4.67. The molecular weight excluding hydrogens is 299 g/mol. The number of benzene rings is 1. The molecule has 3 N–H and O–H groups in total. The highest BCUT2D eigenvalue weighted by Crippen LogP contribution is 2.27. The maximum Gasteiger partial charge on any atom is 0.220 e. The van der Waals surface area contributed by atoms with Crippen molar-refractivity contribution in [2.75, 3.05) is 19.7 Å². The van der Waals surface area contributed by atoms with Gasteiger partial charge in [0.15, 0.2) is 0 Å². The van der Waals surface area contributed by atoms with Gasteiger partial charge in [-0.1, -0.05) is 30.1 Å². The fourth-order valence-corrected chi connectivity index (χ4v) is 1.93. The average molecular weight is 319 g/mol. The fraction of sp³-hybridized carbons (Fsp3) is 0.500. The van der Waals surface area contributed by atoms with Crippen LogP contribution >= 0.6 is 23.2 Å². The lowest BCUT2D eigenvalue weighted by molar-refractivity contribution is -0.121. The van der Waals surface area contributed by atoms with Crippen LogP contribution < -0.4 is 15.8 Å². The van der Waals surface area contributed by atoms with Crippen LogP contribution in [0.25, 0.3) is 0 Å². The van der Waals surface area contributed by atoms with Gasteiger partial charge in [0.2, 0.25) is 5.91 Å². The number of halogens is 2. The molecule has 0 saturated carbocycles. The molecule has 1 atom stereocenters. The second kappa shape index (κ2) is 9.06. The van der Waals surface area contributed by atoms with Crippen LogP contribution in [0.5, 0.6) is 5.75 Å². The lowest BCUT2D eigenvalue weighted by Gasteiger charge is -2.10. The molecule has 1 amide bonds. The molecule has 0 saturated heterocycles. The number of ether oxygens (including phenoxy) is 1. The Kier molecular flexibility index (Phi) is 7.73. The fourth-order valence-electron chi connectivity index (χ4n) is 1.47. The predicted octanol–water partition coefficient (Wildman–Crippen LogP) is 2.86. The van der Waals surface area contributed by atoms with Gasteiger partial charge in [0, 0.05) is 18.0 Å². The predicted molar refractivity (Wildman–Crippen MR) is 82.4 cm³/mol. The molecule has 6 heteroatoms. The Bertz CT molecular complexity index is 441. The molecule has 112 valence electrons. The van der Waals surface area contributed by atoms with E-state index >= 15 is 0 Å². The van der Waals surface area contributed by atoms with Crippen LogP contribution in [0.1, 0.15) is 19.8 Å². The van der Waals surface area contributed by atoms with E-state index in [1.807, 2.05) is 6.92 Å². The first kappa shape index (κ1) is 17.1. The van der Waals surface area contributed by atoms with Crippen molar-refractivity contribution in [1.82, 2.24) is 5.32 Å². The SMILES string of the molecule is CC(CN)CNC(=O)CCCOc1ccc(Cl)cc1Cl. The summed E-state index contributed by atoms with van der Waals surface area (Å²) in [4.78, 5) is 11.5. The van der Waals surface area contributed by atoms with Crippen molar-refractivity contribution in [3.05, 3.63) is 28.2 Å². The second-order valence-corrected chi connectivity index (χ2v) is 5.52. The number of hydrogen-bond acceptors (Lipinski definition) is 3. The quantitative estimate of drug-likeness (QED) is 0.724. The van der Waals surface area contributed by atoms with Gasteiger partial charge in [-0.3, -0.25) is 4.79 Å². The van der Waals surface area contributed by atoms with Crippen molar-refractivity contribution in [2.24, 2.45) is 11.7 Å². The topological polar surface area (TPSA) is 64.3 Å². The first-order chi connectivity index (χ1) is 9.52. The Morgan fingerprint density at radius 1 is 1.45 bits per heavy atom. The summed E-state index contributed by atoms with van der Waals surface area (Å²) in [5.41, 5.74) is 5.48. The Hall–Kier alpha value is -0.970. The minimum atomic E-state index is 0.0103. The van der Waals surface area contributed by atoms with Crippen molar-refractivity contribution < 1.29 is 9.53 Å². The average Bonchev–Trinajstić information content (AvgIpc) is 2.42. The zero-order chi connectivity index (χ0) is 15.0. The number of nitrogens with one attached hydrogen (secondary N) is 1. The normalized spacial score (nSPS) is 12.0. The van der Waals surface area contributed by atoms with Gasteiger partial charge in [-0.15, -0.1) is 0 Å². The van der Waals surface area contributed by atoms with Crippen molar-refractivity contribution >= 4 is 29.1 Å². The van der Waals surface area contributed by atoms with Gasteiger partial charge in [-0.2, -0.15) is 0 Å². The van der Waals surface area contributed by atoms with Crippen LogP contribution in [0, 0.1) is 5.92 Å². The van der Waals surface area contributed by atoms with Crippen LogP contribution in [-0.2, 0) is 4.79 Å². The third-order valence-corrected chi connectivity index (χ3v) is 3.28. The molecule has 0 aromatic heterocycles. The maximum absolute atomic E-state index is 11.5. The van der Waals surface area contributed by atoms with E-state index in [2.05, 4.69) is 5.32 Å². The molecular formula is C14H20Cl2N2O2. The Balaban J connectivity index is 2.19. The lowest BCUT2D eigenvalue weighted by atomic mass is 10.2. The van der Waals surface area contributed by atoms with Crippen LogP contribution in [0.3, 0.4) is 0 Å². The maximum atomic E-state index is 11.5. The zero-order valence-corrected chi connectivity index (χ0v) is 13.0. The molecule has 4 nitrogen and oxygen atoms in total. The third-order valence-electron chi connectivity index (χ3n) is 2.75. The molecule has 0 aliphatic carbocycles. The van der Waals surface area contributed by atoms with Gasteiger partial charge >= 0.3 is 0 Å². The molecule has 1 aromatic carbocycles. The van der Waals surface area contributed by atoms with E-state index in [1.165, 1.54) is 0 Å². The zero-order valence-electron chi connectivity index (χ0n) is 11.5. The first-order valence-corrected chi connectivity index (χ1v) is 7.33. The summed E-state index contributed by atoms with van der Waals surface area (Å²) >= 11 is 11.8. The Morgan fingerprint density at radius 3 is 2.85 bits per heavy atom. The monoisotopic (exact) mass is 318 g/mol. The van der Waals surface area contributed by atoms with Crippen molar-refractivity contribution in [3.8, 4) is 5.75 Å². The van der Waals surface area contributed by atoms with Gasteiger partial charge in [-0.25, -0.2) is 0 Å². The van der Waals surface area contributed by atoms with Crippen molar-refractivity contribution in [1.29, 1.82) is 0 Å². The molecule has 20 heavy (non-hydrogen) atoms. The van der Waals surface area contributed by atoms with Crippen LogP contribution in [-0.4, -0.2) is 25.6 Å². The van der Waals surface area contributed by atoms with Crippen LogP contribution in [0.4, 0.5) is 0 Å². The Morgan fingerprint density at radius 2 is 2.20 bits per heavy atom. The van der Waals surface area contributed by atoms with E-state index in [0.717, 1.165) is 0 Å². The molecule has 1 unspecified atom stereocenters. The van der Waals surface area contributed by atoms with Gasteiger partial charge < -0.3 is 15.8 Å². The number of amides is 1. The highest BCUT2D eigenvalue weighted by molar-refractivity contribution is 6.35. The molecule has 0 spiro atoms. The van der Waals surface area contributed by atoms with Crippen LogP contribution in [0.2, 0.25) is 10.0 Å². The van der Waals surface area contributed by atoms with Crippen molar-refractivity contribution in [2.45, 2.75) is 19.8 Å². The van der Waals surface area contributed by atoms with Gasteiger partial charge in [0.05, 0.1) is 11.6 Å². The summed E-state index contributed by atoms with van der Waals surface area (Å²) in [5, 5.41) is 3.87. The van der Waals surface area contributed by atoms with E-state index in [9.17, 15) is 4.79 Å². The molecule has 1 aromatic rings. The first-order valence-electron chi connectivity index (χ1n) is 6.57. The third kappa shape index (κ3) is 6.46. The minimum absolute atomic E-state index is 0.0103. The van der Waals surface area contributed by atoms with E-state index in [4.69, 9.17) is 33.7 Å². The molecule has 1 rings (SSSR count). The number of carbonyl (C=O) groups excluding carboxylic acids is 1. The largest absolute Gasteiger partial charge is 0.492 e. The molecule has 0 fully saturated rings. The van der Waals surface area contributed by atoms with Crippen molar-refractivity contribution in [3.63, 3.8) is 0 Å². The molecule has 0 aliphatic rings. The smallest absolute Gasteiger partial charge is 0.220 e. The van der Waals surface area contributed by atoms with Gasteiger partial charge in [-0.05, 0) is 37.1 Å². The summed E-state index contributed by atoms with van der Waals surface area (Å²) in [6, 6.07) is 5.05. The molecule has 0 heterocycles. The van der Waals surface area contributed by atoms with Gasteiger partial charge in [0.1, 0.15) is 5.75 Å². The van der Waals surface area contributed by atoms with E-state index in [0.29, 0.717) is 54.3 Å². The summed E-state index contributed by atoms with van der Waals surface area (Å²) in [5.74, 6) is 0.882. The van der Waals surface area contributed by atoms with E-state index < -0.39 is 0 Å². The molecule has 0 radical (unpaired) electrons. The summed E-state index contributed by atoms with van der Waals surface area (Å²) in [6.45, 7) is 3.60. The van der Waals surface area contributed by atoms with Gasteiger partial charge in [0.25, 0.3) is 0 Å². The summed E-state index contributed by atoms with van der Waals surface area (Å²) in [6.07, 6.45) is 1.05. The standard InChI is InChI=1S/C14H20Cl2N2O2/c1-10(8-17)9-18-14(19)3-2-6-20-13-5-4-11(15)7-12(13)16/h4-5,7,10H,2-3,6,8-9,17H2,1H3,(H,18,19). The van der Waals surface area contributed by atoms with E-state index in [1.54, 1.807) is 18.2 Å². The van der Waals surface area contributed by atoms with Crippen LogP contribution in [0.15, 0.2) is 18.2 Å². The highest BCUT2D eigenvalue weighted by atomic mass is 35.5.